The van der Waals surface area contributed by atoms with Crippen LogP contribution in [-0.2, 0) is 19.6 Å². The summed E-state index contributed by atoms with van der Waals surface area (Å²) in [6.45, 7) is -0.622. The molecule has 3 aromatic carbocycles. The van der Waals surface area contributed by atoms with Crippen LogP contribution in [0.2, 0.25) is 0 Å². The van der Waals surface area contributed by atoms with E-state index in [2.05, 4.69) is 9.82 Å². The van der Waals surface area contributed by atoms with Crippen LogP contribution in [0.3, 0.4) is 0 Å². The number of hydrogen-bond acceptors (Lipinski definition) is 9. The SMILES string of the molecule is COc1ccc(C2CC(c3ccccc3)=NN2C(=O)COC(=O)c2ccc(NS(=O)(=O)c3cccs3)cc2O)cc1. The average Bonchev–Trinajstić information content (AvgIpc) is 3.68. The first-order valence-electron chi connectivity index (χ1n) is 12.4. The number of hydrogen-bond donors (Lipinski definition) is 2. The van der Waals surface area contributed by atoms with Crippen molar-refractivity contribution in [1.29, 1.82) is 0 Å². The number of phenols is 1. The van der Waals surface area contributed by atoms with E-state index in [9.17, 15) is 23.1 Å². The van der Waals surface area contributed by atoms with Crippen molar-refractivity contribution < 1.29 is 32.6 Å². The number of thiophene rings is 1. The minimum absolute atomic E-state index is 0.0608. The van der Waals surface area contributed by atoms with Crippen LogP contribution < -0.4 is 9.46 Å². The zero-order chi connectivity index (χ0) is 29.0. The third kappa shape index (κ3) is 6.23. The van der Waals surface area contributed by atoms with E-state index in [0.29, 0.717) is 17.9 Å². The summed E-state index contributed by atoms with van der Waals surface area (Å²) in [5.41, 5.74) is 2.25. The van der Waals surface area contributed by atoms with Crippen LogP contribution in [0.1, 0.15) is 33.9 Å². The number of methoxy groups -OCH3 is 1. The van der Waals surface area contributed by atoms with Gasteiger partial charge in [-0.1, -0.05) is 48.5 Å². The van der Waals surface area contributed by atoms with Crippen LogP contribution in [0.25, 0.3) is 0 Å². The first-order chi connectivity index (χ1) is 19.7. The molecule has 1 aromatic heterocycles. The van der Waals surface area contributed by atoms with Crippen LogP contribution in [0.5, 0.6) is 11.5 Å². The van der Waals surface area contributed by atoms with E-state index in [1.165, 1.54) is 23.2 Å². The molecule has 0 spiro atoms. The fraction of sp³-hybridized carbons (Fsp3) is 0.138. The number of nitrogens with one attached hydrogen (secondary N) is 1. The molecule has 0 aliphatic carbocycles. The van der Waals surface area contributed by atoms with Gasteiger partial charge in [-0.05, 0) is 46.8 Å². The number of anilines is 1. The molecule has 0 saturated heterocycles. The molecule has 4 aromatic rings. The molecule has 1 atom stereocenters. The maximum absolute atomic E-state index is 13.3. The van der Waals surface area contributed by atoms with Crippen molar-refractivity contribution in [3.63, 3.8) is 0 Å². The Morgan fingerprint density at radius 2 is 1.80 bits per heavy atom. The van der Waals surface area contributed by atoms with E-state index in [4.69, 9.17) is 9.47 Å². The predicted molar refractivity (Wildman–Crippen MR) is 154 cm³/mol. The number of aromatic hydroxyl groups is 1. The monoisotopic (exact) mass is 591 g/mol. The molecule has 0 radical (unpaired) electrons. The van der Waals surface area contributed by atoms with Crippen molar-refractivity contribution in [2.75, 3.05) is 18.4 Å². The summed E-state index contributed by atoms with van der Waals surface area (Å²) in [6.07, 6.45) is 0.458. The fourth-order valence-electron chi connectivity index (χ4n) is 4.29. The second kappa shape index (κ2) is 11.8. The van der Waals surface area contributed by atoms with Gasteiger partial charge in [-0.2, -0.15) is 5.10 Å². The van der Waals surface area contributed by atoms with Gasteiger partial charge in [0.1, 0.15) is 21.3 Å². The summed E-state index contributed by atoms with van der Waals surface area (Å²) in [5, 5.41) is 17.9. The third-order valence-corrected chi connectivity index (χ3v) is 9.11. The molecular weight excluding hydrogens is 566 g/mol. The lowest BCUT2D eigenvalue weighted by Gasteiger charge is -2.22. The first kappa shape index (κ1) is 27.9. The van der Waals surface area contributed by atoms with Crippen LogP contribution in [0.15, 0.2) is 99.6 Å². The molecule has 2 N–H and O–H groups in total. The Morgan fingerprint density at radius 3 is 2.46 bits per heavy atom. The lowest BCUT2D eigenvalue weighted by atomic mass is 9.98. The lowest BCUT2D eigenvalue weighted by molar-refractivity contribution is -0.136. The number of nitrogens with zero attached hydrogens (tertiary/aromatic N) is 2. The Balaban J connectivity index is 1.29. The molecular formula is C29H25N3O7S2. The van der Waals surface area contributed by atoms with Crippen molar-refractivity contribution in [2.24, 2.45) is 5.10 Å². The largest absolute Gasteiger partial charge is 0.507 e. The molecule has 10 nitrogen and oxygen atoms in total. The van der Waals surface area contributed by atoms with Gasteiger partial charge in [-0.3, -0.25) is 9.52 Å². The second-order valence-corrected chi connectivity index (χ2v) is 11.8. The summed E-state index contributed by atoms with van der Waals surface area (Å²) in [5.74, 6) is -1.33. The van der Waals surface area contributed by atoms with Crippen molar-refractivity contribution >= 4 is 44.6 Å². The number of phenolic OH excluding ortho intramolecular Hbond substituents is 1. The molecule has 12 heteroatoms. The highest BCUT2D eigenvalue weighted by Crippen LogP contribution is 2.34. The van der Waals surface area contributed by atoms with Crippen LogP contribution in [0.4, 0.5) is 5.69 Å². The normalized spacial score (nSPS) is 14.8. The number of rotatable bonds is 9. The van der Waals surface area contributed by atoms with E-state index in [0.717, 1.165) is 28.5 Å². The summed E-state index contributed by atoms with van der Waals surface area (Å²) in [7, 11) is -2.27. The van der Waals surface area contributed by atoms with Gasteiger partial charge in [-0.15, -0.1) is 11.3 Å². The quantitative estimate of drug-likeness (QED) is 0.267. The molecule has 2 heterocycles. The molecule has 0 bridgehead atoms. The lowest BCUT2D eigenvalue weighted by Crippen LogP contribution is -2.31. The van der Waals surface area contributed by atoms with E-state index in [1.54, 1.807) is 30.7 Å². The highest BCUT2D eigenvalue weighted by atomic mass is 32.2. The Labute approximate surface area is 240 Å². The molecule has 5 rings (SSSR count). The summed E-state index contributed by atoms with van der Waals surface area (Å²) in [6, 6.07) is 23.0. The Hall–Kier alpha value is -4.68. The Kier molecular flexibility index (Phi) is 8.04. The highest BCUT2D eigenvalue weighted by molar-refractivity contribution is 7.94. The fourth-order valence-corrected chi connectivity index (χ4v) is 6.33. The number of benzene rings is 3. The zero-order valence-electron chi connectivity index (χ0n) is 21.8. The minimum atomic E-state index is -3.84. The topological polar surface area (TPSA) is 135 Å². The van der Waals surface area contributed by atoms with Gasteiger partial charge in [0.25, 0.3) is 15.9 Å². The van der Waals surface area contributed by atoms with Gasteiger partial charge in [0.05, 0.1) is 24.6 Å². The highest BCUT2D eigenvalue weighted by Gasteiger charge is 2.33. The molecule has 210 valence electrons. The number of sulfonamides is 1. The number of carbonyl (C=O) groups is 2. The maximum Gasteiger partial charge on any atom is 0.342 e. The van der Waals surface area contributed by atoms with Gasteiger partial charge in [0.15, 0.2) is 6.61 Å². The van der Waals surface area contributed by atoms with Gasteiger partial charge in [0.2, 0.25) is 0 Å². The van der Waals surface area contributed by atoms with Crippen molar-refractivity contribution in [1.82, 2.24) is 5.01 Å². The minimum Gasteiger partial charge on any atom is -0.507 e. The van der Waals surface area contributed by atoms with Crippen LogP contribution in [0, 0.1) is 0 Å². The van der Waals surface area contributed by atoms with Gasteiger partial charge >= 0.3 is 5.97 Å². The Morgan fingerprint density at radius 1 is 1.05 bits per heavy atom. The summed E-state index contributed by atoms with van der Waals surface area (Å²) >= 11 is 1.04. The number of esters is 1. The van der Waals surface area contributed by atoms with Crippen LogP contribution >= 0.6 is 11.3 Å². The average molecular weight is 592 g/mol. The van der Waals surface area contributed by atoms with E-state index in [-0.39, 0.29) is 15.5 Å². The van der Waals surface area contributed by atoms with Crippen molar-refractivity contribution in [2.45, 2.75) is 16.7 Å². The van der Waals surface area contributed by atoms with Gasteiger partial charge < -0.3 is 14.6 Å². The molecule has 1 aliphatic heterocycles. The van der Waals surface area contributed by atoms with Crippen LogP contribution in [-0.4, -0.2) is 49.8 Å². The van der Waals surface area contributed by atoms with E-state index >= 15 is 0 Å². The molecule has 0 fully saturated rings. The van der Waals surface area contributed by atoms with E-state index < -0.39 is 40.3 Å². The number of ether oxygens (including phenoxy) is 2. The molecule has 1 aliphatic rings. The second-order valence-electron chi connectivity index (χ2n) is 8.99. The van der Waals surface area contributed by atoms with Crippen molar-refractivity contribution in [3.05, 3.63) is 107 Å². The molecule has 1 amide bonds. The smallest absolute Gasteiger partial charge is 0.342 e. The molecule has 0 saturated carbocycles. The summed E-state index contributed by atoms with van der Waals surface area (Å²) < 4.78 is 37.8. The molecule has 1 unspecified atom stereocenters. The van der Waals surface area contributed by atoms with E-state index in [1.807, 2.05) is 42.5 Å². The van der Waals surface area contributed by atoms with Gasteiger partial charge in [0, 0.05) is 12.5 Å². The third-order valence-electron chi connectivity index (χ3n) is 6.33. The molecule has 41 heavy (non-hydrogen) atoms. The number of hydrazone groups is 1. The first-order valence-corrected chi connectivity index (χ1v) is 14.8. The Bertz CT molecular complexity index is 1690. The van der Waals surface area contributed by atoms with Gasteiger partial charge in [-0.25, -0.2) is 18.2 Å². The maximum atomic E-state index is 13.3. The zero-order valence-corrected chi connectivity index (χ0v) is 23.4. The number of amides is 1. The summed E-state index contributed by atoms with van der Waals surface area (Å²) in [4.78, 5) is 26.0. The predicted octanol–water partition coefficient (Wildman–Crippen LogP) is 4.80. The standard InChI is InChI=1S/C29H25N3O7S2/c1-38-22-12-9-20(10-13-22)25-17-24(19-6-3-2-4-7-19)30-32(25)27(34)18-39-29(35)23-14-11-21(16-26(23)33)31-41(36,37)28-8-5-15-40-28/h2-16,25,31,33H,17-18H2,1H3. The number of carbonyl (C=O) groups excluding carboxylic acids is 2. The van der Waals surface area contributed by atoms with Crippen molar-refractivity contribution in [3.8, 4) is 11.5 Å².